The highest BCUT2D eigenvalue weighted by molar-refractivity contribution is 7.98. The van der Waals surface area contributed by atoms with Crippen LogP contribution in [0, 0.1) is 10.1 Å². The number of aromatic nitrogens is 1. The molecule has 2 aromatic rings. The van der Waals surface area contributed by atoms with Gasteiger partial charge in [-0.2, -0.15) is 4.98 Å². The predicted molar refractivity (Wildman–Crippen MR) is 78.7 cm³/mol. The SMILES string of the molecule is CNc1ccc([N+](=O)[O-])c(Oc2ccccc2SC)n1. The minimum atomic E-state index is -0.510. The van der Waals surface area contributed by atoms with Gasteiger partial charge in [0.1, 0.15) is 11.6 Å². The summed E-state index contributed by atoms with van der Waals surface area (Å²) in [5, 5.41) is 13.9. The van der Waals surface area contributed by atoms with Gasteiger partial charge in [0, 0.05) is 18.0 Å². The number of nitrogens with zero attached hydrogens (tertiary/aromatic N) is 2. The number of hydrogen-bond donors (Lipinski definition) is 1. The number of nitrogens with one attached hydrogen (secondary N) is 1. The molecular weight excluding hydrogens is 278 g/mol. The van der Waals surface area contributed by atoms with Crippen molar-refractivity contribution in [2.45, 2.75) is 4.90 Å². The van der Waals surface area contributed by atoms with Crippen LogP contribution in [0.5, 0.6) is 11.6 Å². The molecule has 0 aliphatic heterocycles. The molecule has 20 heavy (non-hydrogen) atoms. The van der Waals surface area contributed by atoms with Crippen LogP contribution in [0.2, 0.25) is 0 Å². The van der Waals surface area contributed by atoms with E-state index in [2.05, 4.69) is 10.3 Å². The molecule has 104 valence electrons. The molecule has 0 aliphatic rings. The number of nitro groups is 1. The normalized spacial score (nSPS) is 10.1. The van der Waals surface area contributed by atoms with Crippen LogP contribution in [0.15, 0.2) is 41.3 Å². The lowest BCUT2D eigenvalue weighted by molar-refractivity contribution is -0.386. The first kappa shape index (κ1) is 14.1. The summed E-state index contributed by atoms with van der Waals surface area (Å²) in [6, 6.07) is 10.2. The van der Waals surface area contributed by atoms with Crippen molar-refractivity contribution in [3.05, 3.63) is 46.5 Å². The number of hydrogen-bond acceptors (Lipinski definition) is 6. The number of pyridine rings is 1. The molecule has 6 nitrogen and oxygen atoms in total. The summed E-state index contributed by atoms with van der Waals surface area (Å²) < 4.78 is 5.62. The second kappa shape index (κ2) is 6.25. The molecule has 0 unspecified atom stereocenters. The van der Waals surface area contributed by atoms with Crippen molar-refractivity contribution >= 4 is 23.3 Å². The average Bonchev–Trinajstić information content (AvgIpc) is 2.47. The van der Waals surface area contributed by atoms with E-state index in [0.717, 1.165) is 4.90 Å². The second-order valence-corrected chi connectivity index (χ2v) is 4.63. The number of ether oxygens (including phenoxy) is 1. The Labute approximate surface area is 120 Å². The monoisotopic (exact) mass is 291 g/mol. The first-order valence-electron chi connectivity index (χ1n) is 5.79. The quantitative estimate of drug-likeness (QED) is 0.515. The molecule has 0 saturated carbocycles. The molecule has 0 spiro atoms. The molecule has 0 fully saturated rings. The van der Waals surface area contributed by atoms with Crippen LogP contribution >= 0.6 is 11.8 Å². The first-order valence-corrected chi connectivity index (χ1v) is 7.02. The molecule has 1 aromatic heterocycles. The van der Waals surface area contributed by atoms with E-state index in [1.54, 1.807) is 13.1 Å². The average molecular weight is 291 g/mol. The molecule has 1 N–H and O–H groups in total. The number of anilines is 1. The summed E-state index contributed by atoms with van der Waals surface area (Å²) in [5.41, 5.74) is -0.167. The van der Waals surface area contributed by atoms with Gasteiger partial charge in [-0.25, -0.2) is 0 Å². The van der Waals surface area contributed by atoms with Crippen LogP contribution < -0.4 is 10.1 Å². The van der Waals surface area contributed by atoms with E-state index in [4.69, 9.17) is 4.74 Å². The van der Waals surface area contributed by atoms with Crippen molar-refractivity contribution in [2.75, 3.05) is 18.6 Å². The Morgan fingerprint density at radius 1 is 1.30 bits per heavy atom. The Kier molecular flexibility index (Phi) is 4.41. The lowest BCUT2D eigenvalue weighted by Crippen LogP contribution is -1.99. The molecule has 0 aliphatic carbocycles. The van der Waals surface area contributed by atoms with Crippen molar-refractivity contribution < 1.29 is 9.66 Å². The highest BCUT2D eigenvalue weighted by Crippen LogP contribution is 2.35. The predicted octanol–water partition coefficient (Wildman–Crippen LogP) is 3.55. The van der Waals surface area contributed by atoms with Gasteiger partial charge in [-0.05, 0) is 24.5 Å². The molecule has 0 saturated heterocycles. The van der Waals surface area contributed by atoms with Crippen molar-refractivity contribution in [3.63, 3.8) is 0 Å². The number of rotatable bonds is 5. The minimum absolute atomic E-state index is 0.0247. The highest BCUT2D eigenvalue weighted by atomic mass is 32.2. The molecule has 0 radical (unpaired) electrons. The zero-order valence-corrected chi connectivity index (χ0v) is 11.8. The maximum Gasteiger partial charge on any atom is 0.331 e. The van der Waals surface area contributed by atoms with Crippen LogP contribution in [0.4, 0.5) is 11.5 Å². The Hall–Kier alpha value is -2.28. The summed E-state index contributed by atoms with van der Waals surface area (Å²) in [6.45, 7) is 0. The smallest absolute Gasteiger partial charge is 0.331 e. The minimum Gasteiger partial charge on any atom is -0.432 e. The van der Waals surface area contributed by atoms with Crippen molar-refractivity contribution in [1.82, 2.24) is 4.98 Å². The van der Waals surface area contributed by atoms with E-state index in [9.17, 15) is 10.1 Å². The standard InChI is InChI=1S/C13H13N3O3S/c1-14-12-8-7-9(16(17)18)13(15-12)19-10-5-3-4-6-11(10)20-2/h3-8H,1-2H3,(H,14,15). The van der Waals surface area contributed by atoms with Crippen molar-refractivity contribution in [1.29, 1.82) is 0 Å². The van der Waals surface area contributed by atoms with Gasteiger partial charge in [0.25, 0.3) is 0 Å². The fourth-order valence-electron chi connectivity index (χ4n) is 1.59. The van der Waals surface area contributed by atoms with E-state index >= 15 is 0 Å². The maximum atomic E-state index is 11.0. The number of para-hydroxylation sites is 1. The Balaban J connectivity index is 2.43. The third-order valence-electron chi connectivity index (χ3n) is 2.57. The third kappa shape index (κ3) is 3.00. The lowest BCUT2D eigenvalue weighted by Gasteiger charge is -2.09. The van der Waals surface area contributed by atoms with Crippen molar-refractivity contribution in [2.24, 2.45) is 0 Å². The molecule has 7 heteroatoms. The van der Waals surface area contributed by atoms with Gasteiger partial charge in [0.05, 0.1) is 4.92 Å². The van der Waals surface area contributed by atoms with E-state index in [1.165, 1.54) is 23.9 Å². The lowest BCUT2D eigenvalue weighted by atomic mass is 10.3. The Bertz CT molecular complexity index is 634. The van der Waals surface area contributed by atoms with Crippen LogP contribution in [0.25, 0.3) is 0 Å². The fraction of sp³-hybridized carbons (Fsp3) is 0.154. The van der Waals surface area contributed by atoms with Crippen molar-refractivity contribution in [3.8, 4) is 11.6 Å². The fourth-order valence-corrected chi connectivity index (χ4v) is 2.12. The molecule has 0 atom stereocenters. The zero-order valence-electron chi connectivity index (χ0n) is 11.0. The van der Waals surface area contributed by atoms with Gasteiger partial charge in [-0.15, -0.1) is 11.8 Å². The maximum absolute atomic E-state index is 11.0. The van der Waals surface area contributed by atoms with Gasteiger partial charge in [-0.3, -0.25) is 10.1 Å². The van der Waals surface area contributed by atoms with E-state index < -0.39 is 4.92 Å². The topological polar surface area (TPSA) is 77.3 Å². The van der Waals surface area contributed by atoms with Gasteiger partial charge >= 0.3 is 11.6 Å². The summed E-state index contributed by atoms with van der Waals surface area (Å²) in [4.78, 5) is 15.5. The molecule has 0 amide bonds. The van der Waals surface area contributed by atoms with Crippen LogP contribution in [0.3, 0.4) is 0 Å². The highest BCUT2D eigenvalue weighted by Gasteiger charge is 2.19. The summed E-state index contributed by atoms with van der Waals surface area (Å²) in [6.07, 6.45) is 1.91. The van der Waals surface area contributed by atoms with Gasteiger partial charge in [0.15, 0.2) is 0 Å². The molecule has 2 rings (SSSR count). The van der Waals surface area contributed by atoms with Gasteiger partial charge < -0.3 is 10.1 Å². The molecule has 1 heterocycles. The Morgan fingerprint density at radius 2 is 2.05 bits per heavy atom. The summed E-state index contributed by atoms with van der Waals surface area (Å²) >= 11 is 1.50. The Morgan fingerprint density at radius 3 is 2.70 bits per heavy atom. The molecule has 0 bridgehead atoms. The van der Waals surface area contributed by atoms with Gasteiger partial charge in [-0.1, -0.05) is 12.1 Å². The van der Waals surface area contributed by atoms with Crippen LogP contribution in [-0.4, -0.2) is 23.2 Å². The number of benzene rings is 1. The molecule has 1 aromatic carbocycles. The first-order chi connectivity index (χ1) is 9.65. The third-order valence-corrected chi connectivity index (χ3v) is 3.35. The molecular formula is C13H13N3O3S. The summed E-state index contributed by atoms with van der Waals surface area (Å²) in [7, 11) is 1.69. The summed E-state index contributed by atoms with van der Waals surface area (Å²) in [5.74, 6) is 1.03. The largest absolute Gasteiger partial charge is 0.432 e. The van der Waals surface area contributed by atoms with E-state index in [0.29, 0.717) is 11.6 Å². The zero-order chi connectivity index (χ0) is 14.5. The van der Waals surface area contributed by atoms with Gasteiger partial charge in [0.2, 0.25) is 0 Å². The second-order valence-electron chi connectivity index (χ2n) is 3.78. The number of thioether (sulfide) groups is 1. The van der Waals surface area contributed by atoms with Crippen LogP contribution in [0.1, 0.15) is 0 Å². The van der Waals surface area contributed by atoms with E-state index in [1.807, 2.05) is 24.5 Å². The van der Waals surface area contributed by atoms with Crippen LogP contribution in [-0.2, 0) is 0 Å². The van der Waals surface area contributed by atoms with E-state index in [-0.39, 0.29) is 11.6 Å².